The Hall–Kier alpha value is -0.960. The van der Waals surface area contributed by atoms with Crippen molar-refractivity contribution in [2.45, 2.75) is 25.3 Å². The van der Waals surface area contributed by atoms with Crippen LogP contribution in [0.15, 0.2) is 18.2 Å². The summed E-state index contributed by atoms with van der Waals surface area (Å²) in [5, 5.41) is 3.33. The highest BCUT2D eigenvalue weighted by Crippen LogP contribution is 2.20. The molecule has 0 amide bonds. The molecular weight excluding hydrogens is 167 g/mol. The molecule has 1 aliphatic rings. The molecule has 1 unspecified atom stereocenters. The van der Waals surface area contributed by atoms with Crippen molar-refractivity contribution in [3.63, 3.8) is 0 Å². The molecule has 1 aliphatic heterocycles. The van der Waals surface area contributed by atoms with E-state index in [9.17, 15) is 4.39 Å². The largest absolute Gasteiger partial charge is 0.309 e. The third kappa shape index (κ3) is 2.04. The van der Waals surface area contributed by atoms with E-state index >= 15 is 0 Å². The number of aromatic nitrogens is 1. The van der Waals surface area contributed by atoms with Crippen LogP contribution < -0.4 is 5.32 Å². The molecule has 2 nitrogen and oxygen atoms in total. The maximum Gasteiger partial charge on any atom is 0.213 e. The molecule has 2 rings (SSSR count). The lowest BCUT2D eigenvalue weighted by atomic mass is 10.0. The third-order valence-electron chi connectivity index (χ3n) is 2.40. The summed E-state index contributed by atoms with van der Waals surface area (Å²) < 4.78 is 12.8. The van der Waals surface area contributed by atoms with Crippen molar-refractivity contribution >= 4 is 0 Å². The first-order valence-electron chi connectivity index (χ1n) is 4.72. The fourth-order valence-electron chi connectivity index (χ4n) is 1.72. The molecule has 70 valence electrons. The minimum absolute atomic E-state index is 0.254. The van der Waals surface area contributed by atoms with Gasteiger partial charge >= 0.3 is 0 Å². The zero-order valence-corrected chi connectivity index (χ0v) is 7.46. The number of piperidine rings is 1. The van der Waals surface area contributed by atoms with E-state index in [1.807, 2.05) is 6.07 Å². The predicted octanol–water partition coefficient (Wildman–Crippen LogP) is 2.04. The van der Waals surface area contributed by atoms with E-state index in [2.05, 4.69) is 10.3 Å². The van der Waals surface area contributed by atoms with Crippen LogP contribution in [0.1, 0.15) is 31.0 Å². The lowest BCUT2D eigenvalue weighted by molar-refractivity contribution is 0.400. The lowest BCUT2D eigenvalue weighted by Crippen LogP contribution is -2.27. The molecule has 0 saturated carbocycles. The van der Waals surface area contributed by atoms with Gasteiger partial charge < -0.3 is 5.32 Å². The van der Waals surface area contributed by atoms with Gasteiger partial charge in [0.05, 0.1) is 5.69 Å². The predicted molar refractivity (Wildman–Crippen MR) is 48.8 cm³/mol. The summed E-state index contributed by atoms with van der Waals surface area (Å²) in [5.41, 5.74) is 0.833. The minimum atomic E-state index is -0.384. The minimum Gasteiger partial charge on any atom is -0.309 e. The van der Waals surface area contributed by atoms with Crippen molar-refractivity contribution in [2.75, 3.05) is 6.54 Å². The molecular formula is C10H13FN2. The van der Waals surface area contributed by atoms with Crippen molar-refractivity contribution in [1.29, 1.82) is 0 Å². The normalized spacial score (nSPS) is 23.0. The summed E-state index contributed by atoms with van der Waals surface area (Å²) in [4.78, 5) is 3.87. The molecule has 2 heterocycles. The molecule has 1 N–H and O–H groups in total. The summed E-state index contributed by atoms with van der Waals surface area (Å²) in [5.74, 6) is -0.384. The topological polar surface area (TPSA) is 24.9 Å². The highest BCUT2D eigenvalue weighted by Gasteiger charge is 2.15. The average molecular weight is 180 g/mol. The molecule has 1 aromatic heterocycles. The van der Waals surface area contributed by atoms with Crippen molar-refractivity contribution in [3.8, 4) is 0 Å². The maximum atomic E-state index is 12.8. The number of nitrogens with one attached hydrogen (secondary N) is 1. The average Bonchev–Trinajstić information content (AvgIpc) is 2.19. The third-order valence-corrected chi connectivity index (χ3v) is 2.40. The second-order valence-electron chi connectivity index (χ2n) is 3.39. The summed E-state index contributed by atoms with van der Waals surface area (Å²) in [6, 6.07) is 5.23. The summed E-state index contributed by atoms with van der Waals surface area (Å²) in [6.07, 6.45) is 3.48. The molecule has 13 heavy (non-hydrogen) atoms. The van der Waals surface area contributed by atoms with Gasteiger partial charge in [0, 0.05) is 6.04 Å². The van der Waals surface area contributed by atoms with Gasteiger partial charge in [-0.2, -0.15) is 4.39 Å². The quantitative estimate of drug-likeness (QED) is 0.669. The Morgan fingerprint density at radius 2 is 2.31 bits per heavy atom. The highest BCUT2D eigenvalue weighted by atomic mass is 19.1. The van der Waals surface area contributed by atoms with Crippen LogP contribution in [0, 0.1) is 5.95 Å². The molecule has 1 aromatic rings. The maximum absolute atomic E-state index is 12.8. The first-order valence-corrected chi connectivity index (χ1v) is 4.72. The van der Waals surface area contributed by atoms with Gasteiger partial charge in [-0.1, -0.05) is 12.5 Å². The Kier molecular flexibility index (Phi) is 2.54. The zero-order chi connectivity index (χ0) is 9.10. The van der Waals surface area contributed by atoms with Crippen LogP contribution in [0.3, 0.4) is 0 Å². The number of pyridine rings is 1. The Balaban J connectivity index is 2.14. The van der Waals surface area contributed by atoms with E-state index in [1.54, 1.807) is 6.07 Å². The fourth-order valence-corrected chi connectivity index (χ4v) is 1.72. The number of nitrogens with zero attached hydrogens (tertiary/aromatic N) is 1. The Morgan fingerprint density at radius 3 is 3.00 bits per heavy atom. The van der Waals surface area contributed by atoms with Crippen LogP contribution >= 0.6 is 0 Å². The van der Waals surface area contributed by atoms with Gasteiger partial charge in [-0.3, -0.25) is 0 Å². The Bertz CT molecular complexity index is 282. The number of halogens is 1. The Labute approximate surface area is 77.2 Å². The highest BCUT2D eigenvalue weighted by molar-refractivity contribution is 5.10. The standard InChI is InChI=1S/C10H13FN2/c11-10-6-3-5-9(13-10)8-4-1-2-7-12-8/h3,5-6,8,12H,1-2,4,7H2. The van der Waals surface area contributed by atoms with E-state index in [0.29, 0.717) is 0 Å². The van der Waals surface area contributed by atoms with Crippen LogP contribution in [0.25, 0.3) is 0 Å². The monoisotopic (exact) mass is 180 g/mol. The second-order valence-corrected chi connectivity index (χ2v) is 3.39. The number of hydrogen-bond acceptors (Lipinski definition) is 2. The van der Waals surface area contributed by atoms with E-state index in [-0.39, 0.29) is 12.0 Å². The summed E-state index contributed by atoms with van der Waals surface area (Å²) in [6.45, 7) is 1.02. The first-order chi connectivity index (χ1) is 6.36. The molecule has 0 aromatic carbocycles. The van der Waals surface area contributed by atoms with Gasteiger partial charge in [0.15, 0.2) is 0 Å². The van der Waals surface area contributed by atoms with Gasteiger partial charge in [0.1, 0.15) is 0 Å². The van der Waals surface area contributed by atoms with Gasteiger partial charge in [0.25, 0.3) is 0 Å². The van der Waals surface area contributed by atoms with Crippen molar-refractivity contribution in [3.05, 3.63) is 29.8 Å². The van der Waals surface area contributed by atoms with E-state index in [4.69, 9.17) is 0 Å². The summed E-state index contributed by atoms with van der Waals surface area (Å²) in [7, 11) is 0. The van der Waals surface area contributed by atoms with Crippen LogP contribution in [0.5, 0.6) is 0 Å². The molecule has 0 spiro atoms. The molecule has 1 atom stereocenters. The zero-order valence-electron chi connectivity index (χ0n) is 7.46. The molecule has 0 aliphatic carbocycles. The smallest absolute Gasteiger partial charge is 0.213 e. The molecule has 0 bridgehead atoms. The van der Waals surface area contributed by atoms with Gasteiger partial charge in [0.2, 0.25) is 5.95 Å². The van der Waals surface area contributed by atoms with Gasteiger partial charge in [-0.15, -0.1) is 0 Å². The van der Waals surface area contributed by atoms with Crippen LogP contribution in [0.4, 0.5) is 4.39 Å². The van der Waals surface area contributed by atoms with Crippen molar-refractivity contribution in [2.24, 2.45) is 0 Å². The van der Waals surface area contributed by atoms with Crippen LogP contribution in [-0.2, 0) is 0 Å². The van der Waals surface area contributed by atoms with Gasteiger partial charge in [-0.05, 0) is 31.5 Å². The molecule has 1 saturated heterocycles. The van der Waals surface area contributed by atoms with Crippen molar-refractivity contribution in [1.82, 2.24) is 10.3 Å². The molecule has 1 fully saturated rings. The fraction of sp³-hybridized carbons (Fsp3) is 0.500. The number of hydrogen-bond donors (Lipinski definition) is 1. The molecule has 0 radical (unpaired) electrons. The summed E-state index contributed by atoms with van der Waals surface area (Å²) >= 11 is 0. The van der Waals surface area contributed by atoms with Crippen LogP contribution in [0.2, 0.25) is 0 Å². The second kappa shape index (κ2) is 3.83. The Morgan fingerprint density at radius 1 is 1.38 bits per heavy atom. The number of rotatable bonds is 1. The van der Waals surface area contributed by atoms with E-state index < -0.39 is 0 Å². The van der Waals surface area contributed by atoms with E-state index in [0.717, 1.165) is 18.7 Å². The first kappa shape index (κ1) is 8.63. The van der Waals surface area contributed by atoms with E-state index in [1.165, 1.54) is 18.9 Å². The molecule has 3 heteroatoms. The SMILES string of the molecule is Fc1cccc(C2CCCCN2)n1. The van der Waals surface area contributed by atoms with Crippen molar-refractivity contribution < 1.29 is 4.39 Å². The van der Waals surface area contributed by atoms with Gasteiger partial charge in [-0.25, -0.2) is 4.98 Å². The lowest BCUT2D eigenvalue weighted by Gasteiger charge is -2.22. The van der Waals surface area contributed by atoms with Crippen LogP contribution in [-0.4, -0.2) is 11.5 Å².